The predicted octanol–water partition coefficient (Wildman–Crippen LogP) is 9.58. The molecule has 0 atom stereocenters. The number of rotatable bonds is 9. The molecule has 4 rings (SSSR count). The van der Waals surface area contributed by atoms with Gasteiger partial charge in [0.1, 0.15) is 5.82 Å². The molecule has 1 fully saturated rings. The summed E-state index contributed by atoms with van der Waals surface area (Å²) in [7, 11) is 0. The molecule has 0 radical (unpaired) electrons. The van der Waals surface area contributed by atoms with Gasteiger partial charge in [-0.3, -0.25) is 0 Å². The number of aryl methyl sites for hydroxylation is 3. The van der Waals surface area contributed by atoms with Gasteiger partial charge in [-0.25, -0.2) is 13.2 Å². The highest BCUT2D eigenvalue weighted by Gasteiger charge is 2.26. The average Bonchev–Trinajstić information content (AvgIpc) is 2.89. The zero-order chi connectivity index (χ0) is 24.8. The third-order valence-corrected chi connectivity index (χ3v) is 7.83. The molecule has 3 heteroatoms. The van der Waals surface area contributed by atoms with Crippen LogP contribution >= 0.6 is 0 Å². The van der Waals surface area contributed by atoms with E-state index in [1.54, 1.807) is 18.2 Å². The molecule has 0 aromatic heterocycles. The van der Waals surface area contributed by atoms with Crippen LogP contribution in [0.2, 0.25) is 0 Å². The summed E-state index contributed by atoms with van der Waals surface area (Å²) in [4.78, 5) is 0. The van der Waals surface area contributed by atoms with Crippen LogP contribution in [0.3, 0.4) is 0 Å². The Labute approximate surface area is 208 Å². The Bertz CT molecular complexity index is 1110. The third kappa shape index (κ3) is 6.18. The summed E-state index contributed by atoms with van der Waals surface area (Å²) in [6.45, 7) is 4.22. The topological polar surface area (TPSA) is 0 Å². The number of unbranched alkanes of at least 4 members (excludes halogenated alkanes) is 1. The van der Waals surface area contributed by atoms with E-state index in [0.29, 0.717) is 22.6 Å². The quantitative estimate of drug-likeness (QED) is 0.287. The van der Waals surface area contributed by atoms with Crippen LogP contribution in [0.5, 0.6) is 0 Å². The van der Waals surface area contributed by atoms with Gasteiger partial charge in [-0.2, -0.15) is 0 Å². The first-order valence-corrected chi connectivity index (χ1v) is 13.3. The largest absolute Gasteiger partial charge is 0.207 e. The Morgan fingerprint density at radius 3 is 2.11 bits per heavy atom. The maximum atomic E-state index is 15.1. The SMILES string of the molecule is CCCCc1ccc(CCC2CCC(c3ccc(-c4ccc(CC)cc4)c(F)c3F)CC2)c(F)c1. The summed E-state index contributed by atoms with van der Waals surface area (Å²) in [6.07, 6.45) is 9.38. The molecule has 0 unspecified atom stereocenters. The smallest absolute Gasteiger partial charge is 0.166 e. The number of benzene rings is 3. The van der Waals surface area contributed by atoms with E-state index in [0.717, 1.165) is 75.3 Å². The van der Waals surface area contributed by atoms with Crippen molar-refractivity contribution < 1.29 is 13.2 Å². The van der Waals surface area contributed by atoms with Gasteiger partial charge in [0.2, 0.25) is 0 Å². The molecule has 0 aliphatic heterocycles. The molecule has 0 N–H and O–H groups in total. The van der Waals surface area contributed by atoms with E-state index in [2.05, 4.69) is 19.9 Å². The van der Waals surface area contributed by atoms with Crippen LogP contribution in [-0.2, 0) is 19.3 Å². The summed E-state index contributed by atoms with van der Waals surface area (Å²) < 4.78 is 44.6. The summed E-state index contributed by atoms with van der Waals surface area (Å²) in [5, 5.41) is 0. The molecular formula is C32H37F3. The van der Waals surface area contributed by atoms with Crippen molar-refractivity contribution in [2.75, 3.05) is 0 Å². The minimum Gasteiger partial charge on any atom is -0.207 e. The van der Waals surface area contributed by atoms with Gasteiger partial charge in [0, 0.05) is 5.56 Å². The van der Waals surface area contributed by atoms with Crippen LogP contribution in [0.25, 0.3) is 11.1 Å². The maximum absolute atomic E-state index is 15.1. The summed E-state index contributed by atoms with van der Waals surface area (Å²) >= 11 is 0. The van der Waals surface area contributed by atoms with Gasteiger partial charge in [-0.1, -0.05) is 68.8 Å². The van der Waals surface area contributed by atoms with Crippen molar-refractivity contribution >= 4 is 0 Å². The van der Waals surface area contributed by atoms with E-state index in [4.69, 9.17) is 0 Å². The minimum atomic E-state index is -0.744. The fourth-order valence-electron chi connectivity index (χ4n) is 5.47. The molecule has 0 nitrogen and oxygen atoms in total. The molecule has 1 saturated carbocycles. The highest BCUT2D eigenvalue weighted by Crippen LogP contribution is 2.40. The van der Waals surface area contributed by atoms with E-state index in [1.807, 2.05) is 30.3 Å². The first-order valence-electron chi connectivity index (χ1n) is 13.3. The fourth-order valence-corrected chi connectivity index (χ4v) is 5.47. The maximum Gasteiger partial charge on any atom is 0.166 e. The normalized spacial score (nSPS) is 18.1. The summed E-state index contributed by atoms with van der Waals surface area (Å²) in [5.41, 5.74) is 4.58. The summed E-state index contributed by atoms with van der Waals surface area (Å²) in [5.74, 6) is -0.974. The Balaban J connectivity index is 1.34. The Kier molecular flexibility index (Phi) is 8.70. The molecule has 1 aliphatic carbocycles. The Morgan fingerprint density at radius 1 is 0.743 bits per heavy atom. The van der Waals surface area contributed by atoms with Gasteiger partial charge < -0.3 is 0 Å². The van der Waals surface area contributed by atoms with Gasteiger partial charge >= 0.3 is 0 Å². The van der Waals surface area contributed by atoms with E-state index >= 15 is 4.39 Å². The molecule has 0 saturated heterocycles. The van der Waals surface area contributed by atoms with E-state index in [9.17, 15) is 8.78 Å². The van der Waals surface area contributed by atoms with Crippen molar-refractivity contribution in [2.24, 2.45) is 5.92 Å². The minimum absolute atomic E-state index is 0.0480. The van der Waals surface area contributed by atoms with E-state index in [-0.39, 0.29) is 11.7 Å². The van der Waals surface area contributed by atoms with E-state index in [1.165, 1.54) is 5.56 Å². The molecule has 186 valence electrons. The first-order chi connectivity index (χ1) is 17.0. The molecule has 0 bridgehead atoms. The van der Waals surface area contributed by atoms with Crippen molar-refractivity contribution in [3.8, 4) is 11.1 Å². The van der Waals surface area contributed by atoms with Crippen molar-refractivity contribution in [3.05, 3.63) is 94.3 Å². The molecule has 0 spiro atoms. The highest BCUT2D eigenvalue weighted by molar-refractivity contribution is 5.65. The average molecular weight is 479 g/mol. The lowest BCUT2D eigenvalue weighted by Crippen LogP contribution is -2.16. The van der Waals surface area contributed by atoms with Gasteiger partial charge in [0.05, 0.1) is 0 Å². The van der Waals surface area contributed by atoms with Gasteiger partial charge in [0.25, 0.3) is 0 Å². The monoisotopic (exact) mass is 478 g/mol. The molecule has 3 aromatic carbocycles. The van der Waals surface area contributed by atoms with Crippen LogP contribution in [0.4, 0.5) is 13.2 Å². The summed E-state index contributed by atoms with van der Waals surface area (Å²) in [6, 6.07) is 16.9. The van der Waals surface area contributed by atoms with Crippen molar-refractivity contribution in [1.29, 1.82) is 0 Å². The lowest BCUT2D eigenvalue weighted by Gasteiger charge is -2.29. The highest BCUT2D eigenvalue weighted by atomic mass is 19.2. The van der Waals surface area contributed by atoms with Gasteiger partial charge in [-0.05, 0) is 104 Å². The van der Waals surface area contributed by atoms with Crippen molar-refractivity contribution in [1.82, 2.24) is 0 Å². The standard InChI is InChI=1S/C32H37F3/c1-3-5-6-24-12-18-27(30(33)21-24)17-11-23-9-15-26(16-10-23)29-20-19-28(31(34)32(29)35)25-13-7-22(4-2)8-14-25/h7-8,12-14,18-21,23,26H,3-6,9-11,15-17H2,1-2H3. The zero-order valence-corrected chi connectivity index (χ0v) is 21.1. The lowest BCUT2D eigenvalue weighted by atomic mass is 9.76. The molecule has 0 amide bonds. The molecule has 3 aromatic rings. The van der Waals surface area contributed by atoms with Crippen LogP contribution in [0, 0.1) is 23.4 Å². The fraction of sp³-hybridized carbons (Fsp3) is 0.438. The second-order valence-corrected chi connectivity index (χ2v) is 10.2. The zero-order valence-electron chi connectivity index (χ0n) is 21.1. The number of halogens is 3. The predicted molar refractivity (Wildman–Crippen MR) is 139 cm³/mol. The third-order valence-electron chi connectivity index (χ3n) is 7.83. The van der Waals surface area contributed by atoms with Crippen LogP contribution < -0.4 is 0 Å². The van der Waals surface area contributed by atoms with Crippen LogP contribution in [0.15, 0.2) is 54.6 Å². The van der Waals surface area contributed by atoms with Crippen molar-refractivity contribution in [3.63, 3.8) is 0 Å². The van der Waals surface area contributed by atoms with E-state index < -0.39 is 11.6 Å². The second kappa shape index (κ2) is 11.9. The van der Waals surface area contributed by atoms with Gasteiger partial charge in [0.15, 0.2) is 11.6 Å². The number of hydrogen-bond acceptors (Lipinski definition) is 0. The van der Waals surface area contributed by atoms with Crippen molar-refractivity contribution in [2.45, 2.75) is 84.0 Å². The lowest BCUT2D eigenvalue weighted by molar-refractivity contribution is 0.304. The Hall–Kier alpha value is -2.55. The molecular weight excluding hydrogens is 441 g/mol. The molecule has 0 heterocycles. The molecule has 1 aliphatic rings. The molecule has 35 heavy (non-hydrogen) atoms. The second-order valence-electron chi connectivity index (χ2n) is 10.2. The van der Waals surface area contributed by atoms with Gasteiger partial charge in [-0.15, -0.1) is 0 Å². The number of hydrogen-bond donors (Lipinski definition) is 0. The van der Waals surface area contributed by atoms with Crippen LogP contribution in [0.1, 0.15) is 87.0 Å². The van der Waals surface area contributed by atoms with Crippen LogP contribution in [-0.4, -0.2) is 0 Å². The first kappa shape index (κ1) is 25.5. The Morgan fingerprint density at radius 2 is 1.46 bits per heavy atom.